The topological polar surface area (TPSA) is 50.1 Å². The first-order chi connectivity index (χ1) is 7.38. The highest BCUT2D eigenvalue weighted by atomic mass is 16.3. The van der Waals surface area contributed by atoms with E-state index in [1.807, 2.05) is 20.2 Å². The van der Waals surface area contributed by atoms with Gasteiger partial charge in [0.05, 0.1) is 24.2 Å². The summed E-state index contributed by atoms with van der Waals surface area (Å²) in [5, 5.41) is 12.9. The van der Waals surface area contributed by atoms with Gasteiger partial charge in [0.2, 0.25) is 0 Å². The monoisotopic (exact) mass is 225 g/mol. The third-order valence-corrected chi connectivity index (χ3v) is 2.85. The van der Waals surface area contributed by atoms with Gasteiger partial charge >= 0.3 is 0 Å². The lowest BCUT2D eigenvalue weighted by molar-refractivity contribution is 0.148. The van der Waals surface area contributed by atoms with E-state index in [-0.39, 0.29) is 12.1 Å². The molecule has 0 aromatic carbocycles. The smallest absolute Gasteiger partial charge is 0.0952 e. The number of aromatic nitrogens is 2. The molecule has 92 valence electrons. The summed E-state index contributed by atoms with van der Waals surface area (Å²) in [5.74, 6) is 0. The molecule has 4 heteroatoms. The minimum absolute atomic E-state index is 0.113. The first kappa shape index (κ1) is 13.2. The van der Waals surface area contributed by atoms with E-state index in [1.54, 1.807) is 0 Å². The molecule has 1 heterocycles. The number of aryl methyl sites for hydroxylation is 1. The summed E-state index contributed by atoms with van der Waals surface area (Å²) in [5.41, 5.74) is 1.90. The average molecular weight is 225 g/mol. The minimum atomic E-state index is -0.300. The van der Waals surface area contributed by atoms with Gasteiger partial charge < -0.3 is 15.0 Å². The van der Waals surface area contributed by atoms with Crippen molar-refractivity contribution in [3.05, 3.63) is 17.7 Å². The van der Waals surface area contributed by atoms with Gasteiger partial charge in [-0.2, -0.15) is 0 Å². The lowest BCUT2D eigenvalue weighted by atomic mass is 10.0. The van der Waals surface area contributed by atoms with Crippen molar-refractivity contribution in [2.45, 2.75) is 52.7 Å². The second-order valence-corrected chi connectivity index (χ2v) is 5.06. The molecule has 0 radical (unpaired) electrons. The SMILES string of the molecule is Cc1ncn(CC(C)(CO)NC(C)C)c1C. The first-order valence-electron chi connectivity index (χ1n) is 5.75. The number of hydrogen-bond acceptors (Lipinski definition) is 3. The van der Waals surface area contributed by atoms with Crippen LogP contribution in [0.15, 0.2) is 6.33 Å². The third kappa shape index (κ3) is 3.06. The van der Waals surface area contributed by atoms with Crippen molar-refractivity contribution in [3.63, 3.8) is 0 Å². The number of rotatable bonds is 5. The van der Waals surface area contributed by atoms with Crippen molar-refractivity contribution in [1.82, 2.24) is 14.9 Å². The van der Waals surface area contributed by atoms with E-state index in [2.05, 4.69) is 35.6 Å². The van der Waals surface area contributed by atoms with Crippen molar-refractivity contribution < 1.29 is 5.11 Å². The van der Waals surface area contributed by atoms with Crippen molar-refractivity contribution in [1.29, 1.82) is 0 Å². The second-order valence-electron chi connectivity index (χ2n) is 5.06. The number of aliphatic hydroxyl groups is 1. The number of imidazole rings is 1. The van der Waals surface area contributed by atoms with Gasteiger partial charge in [0.25, 0.3) is 0 Å². The maximum atomic E-state index is 9.50. The second kappa shape index (κ2) is 4.97. The van der Waals surface area contributed by atoms with Crippen LogP contribution in [0.2, 0.25) is 0 Å². The summed E-state index contributed by atoms with van der Waals surface area (Å²) >= 11 is 0. The standard InChI is InChI=1S/C12H23N3O/c1-9(2)14-12(5,7-16)6-15-8-13-10(3)11(15)4/h8-9,14,16H,6-7H2,1-5H3. The quantitative estimate of drug-likeness (QED) is 0.793. The van der Waals surface area contributed by atoms with E-state index in [0.717, 1.165) is 17.9 Å². The maximum absolute atomic E-state index is 9.50. The molecule has 2 N–H and O–H groups in total. The summed E-state index contributed by atoms with van der Waals surface area (Å²) in [7, 11) is 0. The van der Waals surface area contributed by atoms with Crippen LogP contribution >= 0.6 is 0 Å². The number of nitrogens with one attached hydrogen (secondary N) is 1. The Morgan fingerprint density at radius 3 is 2.50 bits per heavy atom. The van der Waals surface area contributed by atoms with Crippen LogP contribution in [0.25, 0.3) is 0 Å². The molecule has 0 aliphatic rings. The molecule has 0 fully saturated rings. The van der Waals surface area contributed by atoms with Gasteiger partial charge in [-0.15, -0.1) is 0 Å². The Hall–Kier alpha value is -0.870. The van der Waals surface area contributed by atoms with Crippen LogP contribution in [-0.4, -0.2) is 32.8 Å². The Morgan fingerprint density at radius 1 is 1.50 bits per heavy atom. The Labute approximate surface area is 97.7 Å². The minimum Gasteiger partial charge on any atom is -0.394 e. The summed E-state index contributed by atoms with van der Waals surface area (Å²) in [4.78, 5) is 4.27. The molecule has 1 aromatic heterocycles. The molecule has 1 atom stereocenters. The fourth-order valence-electron chi connectivity index (χ4n) is 1.92. The molecule has 1 unspecified atom stereocenters. The Bertz CT molecular complexity index is 346. The zero-order valence-corrected chi connectivity index (χ0v) is 10.9. The van der Waals surface area contributed by atoms with E-state index >= 15 is 0 Å². The van der Waals surface area contributed by atoms with Gasteiger partial charge in [-0.3, -0.25) is 0 Å². The van der Waals surface area contributed by atoms with Crippen molar-refractivity contribution in [3.8, 4) is 0 Å². The number of aliphatic hydroxyl groups excluding tert-OH is 1. The fourth-order valence-corrected chi connectivity index (χ4v) is 1.92. The van der Waals surface area contributed by atoms with E-state index in [4.69, 9.17) is 0 Å². The fraction of sp³-hybridized carbons (Fsp3) is 0.750. The highest BCUT2D eigenvalue weighted by molar-refractivity contribution is 5.09. The van der Waals surface area contributed by atoms with Gasteiger partial charge in [-0.05, 0) is 20.8 Å². The van der Waals surface area contributed by atoms with E-state index < -0.39 is 0 Å². The molecule has 4 nitrogen and oxygen atoms in total. The van der Waals surface area contributed by atoms with Gasteiger partial charge in [0.1, 0.15) is 0 Å². The lowest BCUT2D eigenvalue weighted by Gasteiger charge is -2.31. The third-order valence-electron chi connectivity index (χ3n) is 2.85. The van der Waals surface area contributed by atoms with Crippen LogP contribution in [0.3, 0.4) is 0 Å². The summed E-state index contributed by atoms with van der Waals surface area (Å²) in [6.07, 6.45) is 1.83. The molecule has 0 amide bonds. The van der Waals surface area contributed by atoms with Gasteiger partial charge in [0.15, 0.2) is 0 Å². The Kier molecular flexibility index (Phi) is 4.10. The highest BCUT2D eigenvalue weighted by Gasteiger charge is 2.25. The number of hydrogen-bond donors (Lipinski definition) is 2. The maximum Gasteiger partial charge on any atom is 0.0952 e. The van der Waals surface area contributed by atoms with Crippen LogP contribution in [0.1, 0.15) is 32.2 Å². The lowest BCUT2D eigenvalue weighted by Crippen LogP contribution is -2.52. The van der Waals surface area contributed by atoms with E-state index in [0.29, 0.717) is 6.04 Å². The molecule has 0 aliphatic heterocycles. The van der Waals surface area contributed by atoms with Gasteiger partial charge in [-0.25, -0.2) is 4.98 Å². The zero-order valence-electron chi connectivity index (χ0n) is 10.9. The molecule has 0 spiro atoms. The molecule has 0 bridgehead atoms. The Balaban J connectivity index is 2.80. The predicted molar refractivity (Wildman–Crippen MR) is 65.5 cm³/mol. The van der Waals surface area contributed by atoms with Crippen LogP contribution < -0.4 is 5.32 Å². The molecule has 0 aliphatic carbocycles. The van der Waals surface area contributed by atoms with Crippen LogP contribution in [0, 0.1) is 13.8 Å². The van der Waals surface area contributed by atoms with Gasteiger partial charge in [0, 0.05) is 18.3 Å². The molecule has 0 saturated carbocycles. The summed E-state index contributed by atoms with van der Waals surface area (Å²) in [6.45, 7) is 11.1. The summed E-state index contributed by atoms with van der Waals surface area (Å²) in [6, 6.07) is 0.349. The Morgan fingerprint density at radius 2 is 2.12 bits per heavy atom. The molecular formula is C12H23N3O. The molecule has 1 rings (SSSR count). The molecule has 16 heavy (non-hydrogen) atoms. The number of nitrogens with zero attached hydrogens (tertiary/aromatic N) is 2. The zero-order chi connectivity index (χ0) is 12.3. The molecule has 1 aromatic rings. The molecular weight excluding hydrogens is 202 g/mol. The van der Waals surface area contributed by atoms with Gasteiger partial charge in [-0.1, -0.05) is 13.8 Å². The largest absolute Gasteiger partial charge is 0.394 e. The van der Waals surface area contributed by atoms with Crippen LogP contribution in [0.5, 0.6) is 0 Å². The van der Waals surface area contributed by atoms with Crippen LogP contribution in [-0.2, 0) is 6.54 Å². The van der Waals surface area contributed by atoms with Crippen molar-refractivity contribution in [2.75, 3.05) is 6.61 Å². The highest BCUT2D eigenvalue weighted by Crippen LogP contribution is 2.12. The van der Waals surface area contributed by atoms with E-state index in [9.17, 15) is 5.11 Å². The first-order valence-corrected chi connectivity index (χ1v) is 5.75. The predicted octanol–water partition coefficient (Wildman–Crippen LogP) is 1.25. The molecule has 0 saturated heterocycles. The van der Waals surface area contributed by atoms with E-state index in [1.165, 1.54) is 0 Å². The van der Waals surface area contributed by atoms with Crippen molar-refractivity contribution >= 4 is 0 Å². The normalized spacial score (nSPS) is 15.4. The summed E-state index contributed by atoms with van der Waals surface area (Å²) < 4.78 is 2.08. The average Bonchev–Trinajstić information content (AvgIpc) is 2.48. The van der Waals surface area contributed by atoms with Crippen molar-refractivity contribution in [2.24, 2.45) is 0 Å². The van der Waals surface area contributed by atoms with Crippen LogP contribution in [0.4, 0.5) is 0 Å².